The van der Waals surface area contributed by atoms with E-state index in [1.165, 1.54) is 43.1 Å². The summed E-state index contributed by atoms with van der Waals surface area (Å²) in [4.78, 5) is 38.7. The van der Waals surface area contributed by atoms with Crippen LogP contribution in [-0.4, -0.2) is 62.7 Å². The van der Waals surface area contributed by atoms with Crippen LogP contribution in [0.3, 0.4) is 0 Å². The lowest BCUT2D eigenvalue weighted by Gasteiger charge is -2.27. The Kier molecular flexibility index (Phi) is 10.2. The molecular weight excluding hydrogens is 564 g/mol. The summed E-state index contributed by atoms with van der Waals surface area (Å²) in [7, 11) is 0. The van der Waals surface area contributed by atoms with Crippen molar-refractivity contribution in [2.24, 2.45) is 0 Å². The molecule has 4 heterocycles. The van der Waals surface area contributed by atoms with Gasteiger partial charge < -0.3 is 25.3 Å². The molecule has 43 heavy (non-hydrogen) atoms. The van der Waals surface area contributed by atoms with Gasteiger partial charge in [0.25, 0.3) is 5.91 Å². The molecule has 10 nitrogen and oxygen atoms in total. The van der Waals surface area contributed by atoms with Gasteiger partial charge >= 0.3 is 0 Å². The van der Waals surface area contributed by atoms with Crippen LogP contribution < -0.4 is 16.0 Å². The number of nitrogens with zero attached hydrogens (tertiary/aromatic N) is 5. The molecule has 1 aromatic carbocycles. The summed E-state index contributed by atoms with van der Waals surface area (Å²) in [5, 5.41) is 9.85. The van der Waals surface area contributed by atoms with Crippen LogP contribution in [0.4, 0.5) is 11.6 Å². The van der Waals surface area contributed by atoms with Crippen LogP contribution in [0.1, 0.15) is 78.5 Å². The first-order valence-electron chi connectivity index (χ1n) is 15.1. The molecule has 1 saturated heterocycles. The van der Waals surface area contributed by atoms with Crippen LogP contribution in [0.2, 0.25) is 5.02 Å². The van der Waals surface area contributed by atoms with Gasteiger partial charge in [-0.3, -0.25) is 9.59 Å². The van der Waals surface area contributed by atoms with E-state index in [4.69, 9.17) is 16.6 Å². The zero-order valence-electron chi connectivity index (χ0n) is 24.7. The normalized spacial score (nSPS) is 15.9. The fourth-order valence-electron chi connectivity index (χ4n) is 5.04. The van der Waals surface area contributed by atoms with Gasteiger partial charge in [0.1, 0.15) is 23.6 Å². The van der Waals surface area contributed by atoms with Gasteiger partial charge in [0.05, 0.1) is 17.8 Å². The van der Waals surface area contributed by atoms with Crippen molar-refractivity contribution in [3.8, 4) is 0 Å². The molecule has 3 fully saturated rings. The number of carbonyl (C=O) groups excluding carboxylic acids is 2. The number of pyridine rings is 1. The van der Waals surface area contributed by atoms with Crippen LogP contribution >= 0.6 is 11.6 Å². The second-order valence-electron chi connectivity index (χ2n) is 10.7. The molecule has 0 radical (unpaired) electrons. The maximum atomic E-state index is 13.3. The topological polar surface area (TPSA) is 117 Å². The Labute approximate surface area is 257 Å². The van der Waals surface area contributed by atoms with E-state index in [9.17, 15) is 9.59 Å². The molecule has 1 aliphatic heterocycles. The van der Waals surface area contributed by atoms with Gasteiger partial charge in [0, 0.05) is 49.7 Å². The van der Waals surface area contributed by atoms with Crippen LogP contribution in [-0.2, 0) is 11.3 Å². The smallest absolute Gasteiger partial charge is 0.257 e. The Hall–Kier alpha value is -4.02. The first kappa shape index (κ1) is 30.4. The molecule has 226 valence electrons. The molecule has 3 N–H and O–H groups in total. The third-order valence-corrected chi connectivity index (χ3v) is 7.76. The molecule has 11 heteroatoms. The third kappa shape index (κ3) is 8.09. The maximum absolute atomic E-state index is 13.3. The van der Waals surface area contributed by atoms with Crippen molar-refractivity contribution in [1.29, 1.82) is 0 Å². The molecule has 0 unspecified atom stereocenters. The van der Waals surface area contributed by atoms with Crippen molar-refractivity contribution in [3.63, 3.8) is 0 Å². The van der Waals surface area contributed by atoms with Crippen molar-refractivity contribution >= 4 is 41.2 Å². The second-order valence-corrected chi connectivity index (χ2v) is 11.1. The molecule has 2 saturated carbocycles. The standard InChI is InChI=1S/C21H24N8O2.C9H9Cl.C2H6/c30-13-26-19-8-18(24-12-25-19)23-9-16-11-29-10-15(14-1-2-14)7-17(20(29)27-16)21(31)28-5-3-22-4-6-28;10-9-3-1-2-8(6-9)7-4-5-7;1-2/h7-8,10-14,22H,1-6,9H2,(H2,23,24,25,26,30);1-3,6-7H,4-5H2;1-2H3. The van der Waals surface area contributed by atoms with Gasteiger partial charge in [-0.05, 0) is 66.8 Å². The van der Waals surface area contributed by atoms with Crippen LogP contribution in [0, 0.1) is 0 Å². The lowest BCUT2D eigenvalue weighted by Crippen LogP contribution is -2.46. The van der Waals surface area contributed by atoms with E-state index in [1.807, 2.05) is 47.5 Å². The Morgan fingerprint density at radius 3 is 2.42 bits per heavy atom. The highest BCUT2D eigenvalue weighted by atomic mass is 35.5. The van der Waals surface area contributed by atoms with Crippen molar-refractivity contribution in [2.75, 3.05) is 36.8 Å². The van der Waals surface area contributed by atoms with Gasteiger partial charge in [-0.25, -0.2) is 15.0 Å². The Bertz CT molecular complexity index is 1540. The fourth-order valence-corrected chi connectivity index (χ4v) is 5.24. The zero-order chi connectivity index (χ0) is 30.2. The van der Waals surface area contributed by atoms with Crippen molar-refractivity contribution in [3.05, 3.63) is 82.5 Å². The van der Waals surface area contributed by atoms with Crippen molar-refractivity contribution in [2.45, 2.75) is 57.9 Å². The molecule has 2 amide bonds. The highest BCUT2D eigenvalue weighted by molar-refractivity contribution is 6.30. The molecule has 0 spiro atoms. The molecule has 3 aliphatic rings. The Morgan fingerprint density at radius 2 is 1.72 bits per heavy atom. The average molecular weight is 603 g/mol. The highest BCUT2D eigenvalue weighted by Crippen LogP contribution is 2.41. The number of fused-ring (bicyclic) bond motifs is 1. The number of hydrogen-bond donors (Lipinski definition) is 3. The number of carbonyl (C=O) groups is 2. The number of hydrogen-bond acceptors (Lipinski definition) is 7. The summed E-state index contributed by atoms with van der Waals surface area (Å²) in [5.74, 6) is 2.39. The van der Waals surface area contributed by atoms with E-state index < -0.39 is 0 Å². The van der Waals surface area contributed by atoms with Crippen molar-refractivity contribution < 1.29 is 9.59 Å². The number of imidazole rings is 1. The summed E-state index contributed by atoms with van der Waals surface area (Å²) in [6.07, 6.45) is 11.0. The molecule has 0 atom stereocenters. The highest BCUT2D eigenvalue weighted by Gasteiger charge is 2.28. The summed E-state index contributed by atoms with van der Waals surface area (Å²) in [6, 6.07) is 11.9. The van der Waals surface area contributed by atoms with Gasteiger partial charge in [-0.1, -0.05) is 37.6 Å². The van der Waals surface area contributed by atoms with E-state index in [0.29, 0.717) is 54.8 Å². The van der Waals surface area contributed by atoms with E-state index in [-0.39, 0.29) is 5.91 Å². The zero-order valence-corrected chi connectivity index (χ0v) is 25.5. The number of halogens is 1. The quantitative estimate of drug-likeness (QED) is 0.229. The van der Waals surface area contributed by atoms with E-state index in [2.05, 4.69) is 44.2 Å². The number of nitrogens with one attached hydrogen (secondary N) is 3. The predicted molar refractivity (Wildman–Crippen MR) is 170 cm³/mol. The maximum Gasteiger partial charge on any atom is 0.257 e. The minimum absolute atomic E-state index is 0.0412. The Balaban J connectivity index is 0.000000256. The molecule has 3 aromatic heterocycles. The van der Waals surface area contributed by atoms with E-state index in [0.717, 1.165) is 29.7 Å². The SMILES string of the molecule is CC.Clc1cccc(C2CC2)c1.O=CNc1cc(NCc2cn3cc(C4CC4)cc(C(=O)N4CCNCC4)c3n2)ncn1. The van der Waals surface area contributed by atoms with Gasteiger partial charge in [-0.2, -0.15) is 0 Å². The number of aromatic nitrogens is 4. The van der Waals surface area contributed by atoms with Crippen LogP contribution in [0.15, 0.2) is 55.1 Å². The summed E-state index contributed by atoms with van der Waals surface area (Å²) >= 11 is 5.82. The number of amides is 2. The van der Waals surface area contributed by atoms with E-state index in [1.54, 1.807) is 6.07 Å². The van der Waals surface area contributed by atoms with Gasteiger partial charge in [-0.15, -0.1) is 0 Å². The molecule has 7 rings (SSSR count). The Morgan fingerprint density at radius 1 is 1.00 bits per heavy atom. The lowest BCUT2D eigenvalue weighted by atomic mass is 10.1. The largest absolute Gasteiger partial charge is 0.364 e. The number of piperazine rings is 1. The van der Waals surface area contributed by atoms with Gasteiger partial charge in [0.2, 0.25) is 6.41 Å². The predicted octanol–water partition coefficient (Wildman–Crippen LogP) is 5.47. The van der Waals surface area contributed by atoms with Crippen LogP contribution in [0.5, 0.6) is 0 Å². The number of benzene rings is 1. The summed E-state index contributed by atoms with van der Waals surface area (Å²) in [5.41, 5.74) is 4.74. The van der Waals surface area contributed by atoms with Crippen molar-refractivity contribution in [1.82, 2.24) is 29.6 Å². The number of anilines is 2. The van der Waals surface area contributed by atoms with E-state index >= 15 is 0 Å². The monoisotopic (exact) mass is 602 g/mol. The summed E-state index contributed by atoms with van der Waals surface area (Å²) in [6.45, 7) is 7.47. The van der Waals surface area contributed by atoms with Gasteiger partial charge in [0.15, 0.2) is 0 Å². The minimum atomic E-state index is 0.0412. The second kappa shape index (κ2) is 14.4. The number of rotatable bonds is 8. The average Bonchev–Trinajstić information content (AvgIpc) is 3.98. The van der Waals surface area contributed by atoms with Crippen LogP contribution in [0.25, 0.3) is 5.65 Å². The first-order chi connectivity index (χ1) is 21.1. The fraction of sp³-hybridized carbons (Fsp3) is 0.406. The first-order valence-corrected chi connectivity index (χ1v) is 15.5. The molecule has 4 aromatic rings. The summed E-state index contributed by atoms with van der Waals surface area (Å²) < 4.78 is 1.97. The molecule has 2 aliphatic carbocycles. The third-order valence-electron chi connectivity index (χ3n) is 7.53. The molecular formula is C32H39ClN8O2. The lowest BCUT2D eigenvalue weighted by molar-refractivity contribution is -0.105. The molecule has 0 bridgehead atoms. The minimum Gasteiger partial charge on any atom is -0.364 e.